The maximum atomic E-state index is 11.9. The van der Waals surface area contributed by atoms with Crippen LogP contribution in [0.4, 0.5) is 10.5 Å². The van der Waals surface area contributed by atoms with Crippen molar-refractivity contribution in [2.24, 2.45) is 0 Å². The van der Waals surface area contributed by atoms with E-state index in [-0.39, 0.29) is 12.1 Å². The normalized spacial score (nSPS) is 18.0. The molecule has 5 nitrogen and oxygen atoms in total. The lowest BCUT2D eigenvalue weighted by molar-refractivity contribution is 0.0509. The highest BCUT2D eigenvalue weighted by molar-refractivity contribution is 9.10. The second kappa shape index (κ2) is 6.59. The molecule has 128 valence electrons. The van der Waals surface area contributed by atoms with Crippen molar-refractivity contribution in [3.8, 4) is 0 Å². The molecule has 1 aliphatic rings. The van der Waals surface area contributed by atoms with E-state index in [0.29, 0.717) is 0 Å². The van der Waals surface area contributed by atoms with Gasteiger partial charge in [0.15, 0.2) is 0 Å². The molecule has 0 aliphatic carbocycles. The average Bonchev–Trinajstić information content (AvgIpc) is 2.92. The first kappa shape index (κ1) is 17.0. The third kappa shape index (κ3) is 3.98. The summed E-state index contributed by atoms with van der Waals surface area (Å²) in [5.41, 5.74) is 1.64. The number of halogens is 1. The highest BCUT2D eigenvalue weighted by atomic mass is 79.9. The summed E-state index contributed by atoms with van der Waals surface area (Å²) in [5, 5.41) is 4.09. The second-order valence-electron chi connectivity index (χ2n) is 7.07. The lowest BCUT2D eigenvalue weighted by Crippen LogP contribution is -2.40. The predicted molar refractivity (Wildman–Crippen MR) is 99.4 cm³/mol. The molecule has 1 atom stereocenters. The van der Waals surface area contributed by atoms with Gasteiger partial charge in [-0.2, -0.15) is 0 Å². The summed E-state index contributed by atoms with van der Waals surface area (Å²) < 4.78 is 6.36. The number of carbonyl (C=O) groups excluding carboxylic acids is 1. The molecule has 1 aromatic heterocycles. The Morgan fingerprint density at radius 2 is 2.17 bits per heavy atom. The van der Waals surface area contributed by atoms with Crippen molar-refractivity contribution in [1.82, 2.24) is 10.3 Å². The SMILES string of the molecule is CC(C)(C)OC(=O)N[C@H]1CCN(c2ccnc3cc(Br)ccc23)C1. The summed E-state index contributed by atoms with van der Waals surface area (Å²) in [6.45, 7) is 7.28. The predicted octanol–water partition coefficient (Wildman–Crippen LogP) is 4.10. The fourth-order valence-corrected chi connectivity index (χ4v) is 3.30. The highest BCUT2D eigenvalue weighted by Crippen LogP contribution is 2.29. The molecular weight excluding hydrogens is 370 g/mol. The van der Waals surface area contributed by atoms with E-state index in [0.717, 1.165) is 40.6 Å². The fraction of sp³-hybridized carbons (Fsp3) is 0.444. The summed E-state index contributed by atoms with van der Waals surface area (Å²) >= 11 is 3.49. The number of carbonyl (C=O) groups is 1. The van der Waals surface area contributed by atoms with Crippen molar-refractivity contribution in [2.45, 2.75) is 38.8 Å². The molecule has 24 heavy (non-hydrogen) atoms. The lowest BCUT2D eigenvalue weighted by Gasteiger charge is -2.23. The van der Waals surface area contributed by atoms with Gasteiger partial charge in [-0.25, -0.2) is 4.79 Å². The van der Waals surface area contributed by atoms with E-state index < -0.39 is 5.60 Å². The number of alkyl carbamates (subject to hydrolysis) is 1. The molecule has 1 N–H and O–H groups in total. The molecule has 0 bridgehead atoms. The maximum Gasteiger partial charge on any atom is 0.407 e. The lowest BCUT2D eigenvalue weighted by atomic mass is 10.2. The van der Waals surface area contributed by atoms with E-state index in [1.165, 1.54) is 0 Å². The van der Waals surface area contributed by atoms with Crippen LogP contribution in [-0.2, 0) is 4.74 Å². The third-order valence-corrected chi connectivity index (χ3v) is 4.42. The number of rotatable bonds is 2. The number of benzene rings is 1. The van der Waals surface area contributed by atoms with E-state index >= 15 is 0 Å². The number of ether oxygens (including phenoxy) is 1. The first-order valence-corrected chi connectivity index (χ1v) is 8.90. The van der Waals surface area contributed by atoms with Gasteiger partial charge >= 0.3 is 6.09 Å². The molecule has 1 saturated heterocycles. The molecule has 0 spiro atoms. The third-order valence-electron chi connectivity index (χ3n) is 3.93. The Kier molecular flexibility index (Phi) is 4.67. The average molecular weight is 392 g/mol. The number of fused-ring (bicyclic) bond motifs is 1. The van der Waals surface area contributed by atoms with Crippen molar-refractivity contribution in [3.05, 3.63) is 34.9 Å². The maximum absolute atomic E-state index is 11.9. The molecule has 6 heteroatoms. The fourth-order valence-electron chi connectivity index (χ4n) is 2.95. The van der Waals surface area contributed by atoms with Crippen LogP contribution in [0.15, 0.2) is 34.9 Å². The Balaban J connectivity index is 1.71. The Bertz CT molecular complexity index is 758. The molecule has 0 saturated carbocycles. The van der Waals surface area contributed by atoms with Gasteiger partial charge in [-0.3, -0.25) is 4.98 Å². The first-order valence-electron chi connectivity index (χ1n) is 8.10. The standard InChI is InChI=1S/C18H22BrN3O2/c1-18(2,3)24-17(23)21-13-7-9-22(11-13)16-6-8-20-15-10-12(19)4-5-14(15)16/h4-6,8,10,13H,7,9,11H2,1-3H3,(H,21,23)/t13-/m0/s1. The zero-order valence-corrected chi connectivity index (χ0v) is 15.8. The van der Waals surface area contributed by atoms with Crippen LogP contribution in [0.3, 0.4) is 0 Å². The van der Waals surface area contributed by atoms with Crippen LogP contribution >= 0.6 is 15.9 Å². The summed E-state index contributed by atoms with van der Waals surface area (Å²) in [6.07, 6.45) is 2.39. The number of hydrogen-bond acceptors (Lipinski definition) is 4. The largest absolute Gasteiger partial charge is 0.444 e. The van der Waals surface area contributed by atoms with Crippen LogP contribution in [0.25, 0.3) is 10.9 Å². The van der Waals surface area contributed by atoms with Crippen LogP contribution < -0.4 is 10.2 Å². The van der Waals surface area contributed by atoms with Gasteiger partial charge in [0, 0.05) is 34.8 Å². The van der Waals surface area contributed by atoms with Crippen molar-refractivity contribution >= 4 is 38.6 Å². The molecule has 2 heterocycles. The highest BCUT2D eigenvalue weighted by Gasteiger charge is 2.27. The Morgan fingerprint density at radius 1 is 1.38 bits per heavy atom. The quantitative estimate of drug-likeness (QED) is 0.836. The molecule has 0 unspecified atom stereocenters. The Morgan fingerprint density at radius 3 is 2.92 bits per heavy atom. The topological polar surface area (TPSA) is 54.5 Å². The smallest absolute Gasteiger partial charge is 0.407 e. The van der Waals surface area contributed by atoms with Gasteiger partial charge in [-0.15, -0.1) is 0 Å². The van der Waals surface area contributed by atoms with Crippen molar-refractivity contribution < 1.29 is 9.53 Å². The summed E-state index contributed by atoms with van der Waals surface area (Å²) in [5.74, 6) is 0. The minimum Gasteiger partial charge on any atom is -0.444 e. The van der Waals surface area contributed by atoms with Gasteiger partial charge in [0.25, 0.3) is 0 Å². The van der Waals surface area contributed by atoms with Crippen LogP contribution in [0.1, 0.15) is 27.2 Å². The van der Waals surface area contributed by atoms with Gasteiger partial charge in [-0.1, -0.05) is 15.9 Å². The number of hydrogen-bond donors (Lipinski definition) is 1. The van der Waals surface area contributed by atoms with Gasteiger partial charge in [0.2, 0.25) is 0 Å². The molecule has 1 amide bonds. The van der Waals surface area contributed by atoms with Crippen LogP contribution in [-0.4, -0.2) is 35.8 Å². The van der Waals surface area contributed by atoms with Crippen LogP contribution in [0.5, 0.6) is 0 Å². The molecular formula is C18H22BrN3O2. The Labute approximate surface area is 150 Å². The number of aromatic nitrogens is 1. The number of amides is 1. The molecule has 3 rings (SSSR count). The zero-order valence-electron chi connectivity index (χ0n) is 14.2. The monoisotopic (exact) mass is 391 g/mol. The minimum atomic E-state index is -0.475. The van der Waals surface area contributed by atoms with Gasteiger partial charge in [0.05, 0.1) is 11.6 Å². The molecule has 0 radical (unpaired) electrons. The van der Waals surface area contributed by atoms with E-state index in [4.69, 9.17) is 4.74 Å². The van der Waals surface area contributed by atoms with E-state index in [2.05, 4.69) is 37.2 Å². The molecule has 1 aromatic carbocycles. The van der Waals surface area contributed by atoms with Crippen LogP contribution in [0, 0.1) is 0 Å². The number of pyridine rings is 1. The van der Waals surface area contributed by atoms with Gasteiger partial charge in [0.1, 0.15) is 5.60 Å². The van der Waals surface area contributed by atoms with Crippen LogP contribution in [0.2, 0.25) is 0 Å². The van der Waals surface area contributed by atoms with Crippen molar-refractivity contribution in [1.29, 1.82) is 0 Å². The summed E-state index contributed by atoms with van der Waals surface area (Å²) in [4.78, 5) is 18.7. The zero-order chi connectivity index (χ0) is 17.3. The molecule has 1 aliphatic heterocycles. The molecule has 1 fully saturated rings. The number of nitrogens with one attached hydrogen (secondary N) is 1. The van der Waals surface area contributed by atoms with Gasteiger partial charge < -0.3 is 15.0 Å². The summed E-state index contributed by atoms with van der Waals surface area (Å²) in [7, 11) is 0. The van der Waals surface area contributed by atoms with Crippen molar-refractivity contribution in [2.75, 3.05) is 18.0 Å². The first-order chi connectivity index (χ1) is 11.3. The van der Waals surface area contributed by atoms with E-state index in [9.17, 15) is 4.79 Å². The Hall–Kier alpha value is -1.82. The summed E-state index contributed by atoms with van der Waals surface area (Å²) in [6, 6.07) is 8.26. The molecule has 2 aromatic rings. The van der Waals surface area contributed by atoms with Crippen molar-refractivity contribution in [3.63, 3.8) is 0 Å². The van der Waals surface area contributed by atoms with E-state index in [1.807, 2.05) is 45.2 Å². The second-order valence-corrected chi connectivity index (χ2v) is 7.99. The van der Waals surface area contributed by atoms with E-state index in [1.54, 1.807) is 0 Å². The minimum absolute atomic E-state index is 0.0958. The number of nitrogens with zero attached hydrogens (tertiary/aromatic N) is 2. The number of anilines is 1. The van der Waals surface area contributed by atoms with Gasteiger partial charge in [-0.05, 0) is 51.5 Å².